The lowest BCUT2D eigenvalue weighted by molar-refractivity contribution is 0.0987. The molecule has 1 fully saturated rings. The van der Waals surface area contributed by atoms with Crippen LogP contribution in [-0.4, -0.2) is 66.1 Å². The average Bonchev–Trinajstić information content (AvgIpc) is 2.96. The van der Waals surface area contributed by atoms with Gasteiger partial charge in [-0.15, -0.1) is 0 Å². The number of nitrogens with zero attached hydrogens (tertiary/aromatic N) is 5. The number of anilines is 3. The predicted molar refractivity (Wildman–Crippen MR) is 142 cm³/mol. The first-order valence-electron chi connectivity index (χ1n) is 12.5. The monoisotopic (exact) mass is 499 g/mol. The number of benzene rings is 2. The van der Waals surface area contributed by atoms with E-state index >= 15 is 0 Å². The second-order valence-corrected chi connectivity index (χ2v) is 9.18. The smallest absolute Gasteiger partial charge is 0.234 e. The summed E-state index contributed by atoms with van der Waals surface area (Å²) in [6, 6.07) is 17.8. The van der Waals surface area contributed by atoms with E-state index in [1.165, 1.54) is 0 Å². The van der Waals surface area contributed by atoms with E-state index in [2.05, 4.69) is 16.7 Å². The van der Waals surface area contributed by atoms with E-state index < -0.39 is 0 Å². The zero-order chi connectivity index (χ0) is 25.4. The molecule has 6 rings (SSSR count). The van der Waals surface area contributed by atoms with Crippen LogP contribution in [0.15, 0.2) is 54.6 Å². The van der Waals surface area contributed by atoms with Crippen molar-refractivity contribution in [2.75, 3.05) is 49.8 Å². The van der Waals surface area contributed by atoms with Crippen molar-refractivity contribution < 1.29 is 19.3 Å². The van der Waals surface area contributed by atoms with Crippen molar-refractivity contribution in [3.05, 3.63) is 60.2 Å². The molecule has 4 heterocycles. The summed E-state index contributed by atoms with van der Waals surface area (Å²) in [4.78, 5) is 19.4. The van der Waals surface area contributed by atoms with Crippen LogP contribution in [0.5, 0.6) is 11.5 Å². The van der Waals surface area contributed by atoms with Crippen LogP contribution in [0.3, 0.4) is 0 Å². The minimum Gasteiger partial charge on any atom is -0.496 e. The third kappa shape index (κ3) is 4.30. The SMILES string of the molecule is COc1ccc(-c2ccc3c(N4CCOC[C@@H]4C)nc(N4CCOc5ccccc54)nc3n2)cc1CO. The second kappa shape index (κ2) is 9.84. The van der Waals surface area contributed by atoms with Crippen LogP contribution in [0.25, 0.3) is 22.3 Å². The number of morpholine rings is 1. The van der Waals surface area contributed by atoms with Crippen molar-refractivity contribution in [3.63, 3.8) is 0 Å². The third-order valence-electron chi connectivity index (χ3n) is 6.88. The van der Waals surface area contributed by atoms with Gasteiger partial charge in [0.25, 0.3) is 0 Å². The molecule has 9 heteroatoms. The highest BCUT2D eigenvalue weighted by Gasteiger charge is 2.27. The third-order valence-corrected chi connectivity index (χ3v) is 6.88. The molecule has 2 aromatic carbocycles. The van der Waals surface area contributed by atoms with Gasteiger partial charge in [0.15, 0.2) is 5.65 Å². The number of methoxy groups -OCH3 is 1. The summed E-state index contributed by atoms with van der Waals surface area (Å²) >= 11 is 0. The summed E-state index contributed by atoms with van der Waals surface area (Å²) in [6.07, 6.45) is 0. The Bertz CT molecular complexity index is 1450. The fourth-order valence-corrected chi connectivity index (χ4v) is 4.96. The van der Waals surface area contributed by atoms with Gasteiger partial charge in [-0.2, -0.15) is 9.97 Å². The predicted octanol–water partition coefficient (Wildman–Crippen LogP) is 3.95. The zero-order valence-corrected chi connectivity index (χ0v) is 20.9. The number of aliphatic hydroxyl groups excluding tert-OH is 1. The van der Waals surface area contributed by atoms with Crippen molar-refractivity contribution in [3.8, 4) is 22.8 Å². The molecule has 4 aromatic rings. The highest BCUT2D eigenvalue weighted by molar-refractivity contribution is 5.90. The van der Waals surface area contributed by atoms with Crippen LogP contribution in [0, 0.1) is 0 Å². The Hall–Kier alpha value is -3.95. The number of pyridine rings is 1. The Labute approximate surface area is 215 Å². The fourth-order valence-electron chi connectivity index (χ4n) is 4.96. The molecule has 1 atom stereocenters. The molecule has 0 bridgehead atoms. The van der Waals surface area contributed by atoms with Gasteiger partial charge in [-0.25, -0.2) is 4.98 Å². The van der Waals surface area contributed by atoms with E-state index in [1.807, 2.05) is 54.6 Å². The van der Waals surface area contributed by atoms with Gasteiger partial charge >= 0.3 is 0 Å². The minimum absolute atomic E-state index is 0.119. The number of para-hydroxylation sites is 2. The van der Waals surface area contributed by atoms with Crippen molar-refractivity contribution in [1.82, 2.24) is 15.0 Å². The number of hydrogen-bond donors (Lipinski definition) is 1. The molecule has 2 aliphatic rings. The number of fused-ring (bicyclic) bond motifs is 2. The summed E-state index contributed by atoms with van der Waals surface area (Å²) < 4.78 is 16.9. The number of hydrogen-bond acceptors (Lipinski definition) is 9. The maximum Gasteiger partial charge on any atom is 0.234 e. The van der Waals surface area contributed by atoms with Crippen molar-refractivity contribution in [2.24, 2.45) is 0 Å². The Kier molecular flexibility index (Phi) is 6.23. The van der Waals surface area contributed by atoms with Gasteiger partial charge in [-0.05, 0) is 49.4 Å². The molecular weight excluding hydrogens is 470 g/mol. The number of aromatic nitrogens is 3. The van der Waals surface area contributed by atoms with Gasteiger partial charge < -0.3 is 29.1 Å². The topological polar surface area (TPSA) is 93.1 Å². The van der Waals surface area contributed by atoms with Gasteiger partial charge in [-0.1, -0.05) is 12.1 Å². The molecule has 190 valence electrons. The van der Waals surface area contributed by atoms with Crippen LogP contribution >= 0.6 is 0 Å². The lowest BCUT2D eigenvalue weighted by Gasteiger charge is -2.36. The molecule has 0 spiro atoms. The first-order valence-corrected chi connectivity index (χ1v) is 12.5. The Balaban J connectivity index is 1.51. The summed E-state index contributed by atoms with van der Waals surface area (Å²) in [5.74, 6) is 2.90. The standard InChI is InChI=1S/C28H29N5O4/c1-18-17-36-13-11-32(18)27-21-8-9-22(19-7-10-24(35-2)20(15-19)16-34)29-26(21)30-28(31-27)33-12-14-37-25-6-4-3-5-23(25)33/h3-10,15,18,34H,11-14,16-17H2,1-2H3/t18-/m0/s1. The van der Waals surface area contributed by atoms with Crippen LogP contribution in [-0.2, 0) is 11.3 Å². The fraction of sp³-hybridized carbons (Fsp3) is 0.321. The normalized spacial score (nSPS) is 17.4. The van der Waals surface area contributed by atoms with Crippen molar-refractivity contribution in [1.29, 1.82) is 0 Å². The zero-order valence-electron chi connectivity index (χ0n) is 20.9. The summed E-state index contributed by atoms with van der Waals surface area (Å²) in [6.45, 7) is 5.24. The van der Waals surface area contributed by atoms with E-state index in [0.717, 1.165) is 40.4 Å². The molecule has 1 N–H and O–H groups in total. The van der Waals surface area contributed by atoms with Crippen molar-refractivity contribution >= 4 is 28.5 Å². The maximum absolute atomic E-state index is 9.81. The van der Waals surface area contributed by atoms with Gasteiger partial charge in [0.05, 0.1) is 56.3 Å². The average molecular weight is 500 g/mol. The molecule has 0 saturated carbocycles. The first kappa shape index (κ1) is 23.4. The van der Waals surface area contributed by atoms with Gasteiger partial charge in [0.2, 0.25) is 5.95 Å². The minimum atomic E-state index is -0.119. The van der Waals surface area contributed by atoms with Gasteiger partial charge in [0.1, 0.15) is 23.9 Å². The van der Waals surface area contributed by atoms with E-state index in [-0.39, 0.29) is 12.6 Å². The quantitative estimate of drug-likeness (QED) is 0.438. The number of rotatable bonds is 5. The Morgan fingerprint density at radius 3 is 2.76 bits per heavy atom. The van der Waals surface area contributed by atoms with Gasteiger partial charge in [-0.3, -0.25) is 0 Å². The largest absolute Gasteiger partial charge is 0.496 e. The van der Waals surface area contributed by atoms with E-state index in [4.69, 9.17) is 29.2 Å². The molecule has 0 amide bonds. The molecule has 37 heavy (non-hydrogen) atoms. The molecule has 2 aliphatic heterocycles. The number of aliphatic hydroxyl groups is 1. The van der Waals surface area contributed by atoms with Crippen LogP contribution < -0.4 is 19.3 Å². The first-order chi connectivity index (χ1) is 18.2. The molecule has 0 unspecified atom stereocenters. The number of ether oxygens (including phenoxy) is 3. The summed E-state index contributed by atoms with van der Waals surface area (Å²) in [5.41, 5.74) is 3.90. The summed E-state index contributed by atoms with van der Waals surface area (Å²) in [7, 11) is 1.60. The van der Waals surface area contributed by atoms with Crippen LogP contribution in [0.2, 0.25) is 0 Å². The van der Waals surface area contributed by atoms with Crippen molar-refractivity contribution in [2.45, 2.75) is 19.6 Å². The lowest BCUT2D eigenvalue weighted by Crippen LogP contribution is -2.44. The van der Waals surface area contributed by atoms with E-state index in [1.54, 1.807) is 7.11 Å². The molecule has 0 aliphatic carbocycles. The Morgan fingerprint density at radius 1 is 1.03 bits per heavy atom. The maximum atomic E-state index is 9.81. The van der Waals surface area contributed by atoms with E-state index in [9.17, 15) is 5.11 Å². The molecule has 9 nitrogen and oxygen atoms in total. The van der Waals surface area contributed by atoms with E-state index in [0.29, 0.717) is 49.3 Å². The summed E-state index contributed by atoms with van der Waals surface area (Å²) in [5, 5.41) is 10.7. The van der Waals surface area contributed by atoms with Gasteiger partial charge in [0, 0.05) is 17.7 Å². The lowest BCUT2D eigenvalue weighted by atomic mass is 10.1. The second-order valence-electron chi connectivity index (χ2n) is 9.18. The molecule has 2 aromatic heterocycles. The highest BCUT2D eigenvalue weighted by atomic mass is 16.5. The molecular formula is C28H29N5O4. The molecule has 1 saturated heterocycles. The van der Waals surface area contributed by atoms with Crippen LogP contribution in [0.4, 0.5) is 17.5 Å². The Morgan fingerprint density at radius 2 is 1.92 bits per heavy atom. The highest BCUT2D eigenvalue weighted by Crippen LogP contribution is 2.37. The molecule has 0 radical (unpaired) electrons. The van der Waals surface area contributed by atoms with Crippen LogP contribution in [0.1, 0.15) is 12.5 Å².